The molecule has 2 heterocycles. The number of nitrogens with zero attached hydrogens (tertiary/aromatic N) is 3. The van der Waals surface area contributed by atoms with Gasteiger partial charge in [0.1, 0.15) is 17.8 Å². The van der Waals surface area contributed by atoms with Gasteiger partial charge in [-0.15, -0.1) is 0 Å². The number of aromatic nitrogens is 2. The van der Waals surface area contributed by atoms with Gasteiger partial charge in [0.15, 0.2) is 0 Å². The van der Waals surface area contributed by atoms with Gasteiger partial charge in [-0.05, 0) is 45.2 Å². The average molecular weight is 310 g/mol. The second-order valence-electron chi connectivity index (χ2n) is 6.85. The molecular formula is C18H22N4O. The molecule has 5 heteroatoms. The van der Waals surface area contributed by atoms with Gasteiger partial charge in [0.05, 0.1) is 0 Å². The number of rotatable bonds is 2. The zero-order chi connectivity index (χ0) is 16.4. The van der Waals surface area contributed by atoms with E-state index in [0.29, 0.717) is 5.69 Å². The van der Waals surface area contributed by atoms with Gasteiger partial charge in [-0.2, -0.15) is 0 Å². The Bertz CT molecular complexity index is 721. The Kier molecular flexibility index (Phi) is 4.03. The van der Waals surface area contributed by atoms with Crippen LogP contribution in [0.3, 0.4) is 0 Å². The van der Waals surface area contributed by atoms with Crippen LogP contribution in [0.25, 0.3) is 0 Å². The van der Waals surface area contributed by atoms with E-state index in [0.717, 1.165) is 25.2 Å². The smallest absolute Gasteiger partial charge is 0.270 e. The molecule has 3 rings (SSSR count). The van der Waals surface area contributed by atoms with Crippen molar-refractivity contribution in [2.45, 2.75) is 39.2 Å². The highest BCUT2D eigenvalue weighted by Crippen LogP contribution is 2.32. The van der Waals surface area contributed by atoms with Crippen LogP contribution in [-0.4, -0.2) is 28.0 Å². The number of anilines is 2. The summed E-state index contributed by atoms with van der Waals surface area (Å²) in [6.45, 7) is 6.75. The topological polar surface area (TPSA) is 58.1 Å². The highest BCUT2D eigenvalue weighted by Gasteiger charge is 2.21. The zero-order valence-corrected chi connectivity index (χ0v) is 13.8. The van der Waals surface area contributed by atoms with E-state index in [1.807, 2.05) is 26.8 Å². The van der Waals surface area contributed by atoms with Crippen LogP contribution in [-0.2, 0) is 6.42 Å². The van der Waals surface area contributed by atoms with Crippen molar-refractivity contribution in [3.63, 3.8) is 0 Å². The molecule has 0 unspecified atom stereocenters. The molecule has 0 atom stereocenters. The number of fused-ring (bicyclic) bond motifs is 1. The van der Waals surface area contributed by atoms with Crippen LogP contribution in [0.2, 0.25) is 0 Å². The summed E-state index contributed by atoms with van der Waals surface area (Å²) >= 11 is 0. The van der Waals surface area contributed by atoms with E-state index in [1.165, 1.54) is 17.6 Å². The molecule has 1 amide bonds. The molecule has 5 nitrogen and oxygen atoms in total. The minimum Gasteiger partial charge on any atom is -0.346 e. The van der Waals surface area contributed by atoms with Crippen LogP contribution in [0.5, 0.6) is 0 Å². The Morgan fingerprint density at radius 2 is 2.00 bits per heavy atom. The summed E-state index contributed by atoms with van der Waals surface area (Å²) in [5.74, 6) is 0.595. The van der Waals surface area contributed by atoms with Crippen LogP contribution < -0.4 is 10.2 Å². The molecule has 1 N–H and O–H groups in total. The standard InChI is InChI=1S/C18H22N4O/c1-18(2,3)21-17(23)14-11-16(20-12-19-14)22-10-6-8-13-7-4-5-9-15(13)22/h4-5,7,9,11-12H,6,8,10H2,1-3H3,(H,21,23). The van der Waals surface area contributed by atoms with E-state index in [9.17, 15) is 4.79 Å². The normalized spacial score (nSPS) is 14.3. The summed E-state index contributed by atoms with van der Waals surface area (Å²) in [5, 5.41) is 2.94. The summed E-state index contributed by atoms with van der Waals surface area (Å²) in [4.78, 5) is 23.0. The van der Waals surface area contributed by atoms with Crippen molar-refractivity contribution in [1.82, 2.24) is 15.3 Å². The first-order chi connectivity index (χ1) is 10.9. The van der Waals surface area contributed by atoms with E-state index in [1.54, 1.807) is 6.07 Å². The monoisotopic (exact) mass is 310 g/mol. The van der Waals surface area contributed by atoms with Gasteiger partial charge in [0, 0.05) is 23.8 Å². The number of hydrogen-bond donors (Lipinski definition) is 1. The van der Waals surface area contributed by atoms with Gasteiger partial charge in [-0.1, -0.05) is 18.2 Å². The van der Waals surface area contributed by atoms with Crippen LogP contribution in [0.4, 0.5) is 11.5 Å². The first-order valence-corrected chi connectivity index (χ1v) is 7.94. The molecule has 0 bridgehead atoms. The van der Waals surface area contributed by atoms with Crippen molar-refractivity contribution in [2.24, 2.45) is 0 Å². The lowest BCUT2D eigenvalue weighted by Gasteiger charge is -2.30. The van der Waals surface area contributed by atoms with Crippen molar-refractivity contribution in [3.8, 4) is 0 Å². The third-order valence-corrected chi connectivity index (χ3v) is 3.76. The minimum absolute atomic E-state index is 0.175. The molecule has 1 aromatic heterocycles. The second-order valence-corrected chi connectivity index (χ2v) is 6.85. The molecule has 2 aromatic rings. The molecule has 1 aromatic carbocycles. The maximum absolute atomic E-state index is 12.3. The fourth-order valence-electron chi connectivity index (χ4n) is 2.80. The number of aryl methyl sites for hydroxylation is 1. The Morgan fingerprint density at radius 1 is 1.22 bits per heavy atom. The van der Waals surface area contributed by atoms with Gasteiger partial charge < -0.3 is 10.2 Å². The van der Waals surface area contributed by atoms with Gasteiger partial charge in [-0.25, -0.2) is 9.97 Å². The number of para-hydroxylation sites is 1. The molecular weight excluding hydrogens is 288 g/mol. The number of amides is 1. The lowest BCUT2D eigenvalue weighted by molar-refractivity contribution is 0.0914. The number of carbonyl (C=O) groups is 1. The molecule has 0 aliphatic carbocycles. The van der Waals surface area contributed by atoms with Gasteiger partial charge in [-0.3, -0.25) is 4.79 Å². The lowest BCUT2D eigenvalue weighted by atomic mass is 10.0. The van der Waals surface area contributed by atoms with Crippen molar-refractivity contribution in [2.75, 3.05) is 11.4 Å². The van der Waals surface area contributed by atoms with Crippen molar-refractivity contribution < 1.29 is 4.79 Å². The minimum atomic E-state index is -0.292. The largest absolute Gasteiger partial charge is 0.346 e. The molecule has 0 spiro atoms. The lowest BCUT2D eigenvalue weighted by Crippen LogP contribution is -2.41. The Morgan fingerprint density at radius 3 is 2.78 bits per heavy atom. The van der Waals surface area contributed by atoms with Crippen LogP contribution >= 0.6 is 0 Å². The van der Waals surface area contributed by atoms with Crippen LogP contribution in [0.15, 0.2) is 36.7 Å². The predicted molar refractivity (Wildman–Crippen MR) is 91.0 cm³/mol. The third-order valence-electron chi connectivity index (χ3n) is 3.76. The quantitative estimate of drug-likeness (QED) is 0.926. The molecule has 120 valence electrons. The highest BCUT2D eigenvalue weighted by atomic mass is 16.2. The molecule has 0 radical (unpaired) electrons. The summed E-state index contributed by atoms with van der Waals surface area (Å²) in [5.41, 5.74) is 2.59. The second kappa shape index (κ2) is 5.99. The predicted octanol–water partition coefficient (Wildman–Crippen LogP) is 3.09. The first-order valence-electron chi connectivity index (χ1n) is 7.94. The number of carbonyl (C=O) groups excluding carboxylic acids is 1. The van der Waals surface area contributed by atoms with Crippen molar-refractivity contribution in [1.29, 1.82) is 0 Å². The maximum atomic E-state index is 12.3. The summed E-state index contributed by atoms with van der Waals surface area (Å²) < 4.78 is 0. The molecule has 0 saturated heterocycles. The van der Waals surface area contributed by atoms with Gasteiger partial charge >= 0.3 is 0 Å². The summed E-state index contributed by atoms with van der Waals surface area (Å²) in [6, 6.07) is 10.1. The van der Waals surface area contributed by atoms with E-state index >= 15 is 0 Å². The first kappa shape index (κ1) is 15.5. The highest BCUT2D eigenvalue weighted by molar-refractivity contribution is 5.93. The summed E-state index contributed by atoms with van der Waals surface area (Å²) in [6.07, 6.45) is 3.61. The Hall–Kier alpha value is -2.43. The Balaban J connectivity index is 1.91. The molecule has 23 heavy (non-hydrogen) atoms. The molecule has 0 saturated carbocycles. The zero-order valence-electron chi connectivity index (χ0n) is 13.8. The SMILES string of the molecule is CC(C)(C)NC(=O)c1cc(N2CCCc3ccccc32)ncn1. The van der Waals surface area contributed by atoms with E-state index in [-0.39, 0.29) is 11.4 Å². The molecule has 1 aliphatic rings. The molecule has 1 aliphatic heterocycles. The van der Waals surface area contributed by atoms with Gasteiger partial charge in [0.2, 0.25) is 0 Å². The van der Waals surface area contributed by atoms with E-state index in [4.69, 9.17) is 0 Å². The van der Waals surface area contributed by atoms with Crippen molar-refractivity contribution >= 4 is 17.4 Å². The maximum Gasteiger partial charge on any atom is 0.270 e. The fourth-order valence-corrected chi connectivity index (χ4v) is 2.80. The number of nitrogens with one attached hydrogen (secondary N) is 1. The van der Waals surface area contributed by atoms with Gasteiger partial charge in [0.25, 0.3) is 5.91 Å². The molecule has 0 fully saturated rings. The van der Waals surface area contributed by atoms with Crippen molar-refractivity contribution in [3.05, 3.63) is 47.9 Å². The van der Waals surface area contributed by atoms with Crippen LogP contribution in [0, 0.1) is 0 Å². The summed E-state index contributed by atoms with van der Waals surface area (Å²) in [7, 11) is 0. The van der Waals surface area contributed by atoms with Crippen LogP contribution in [0.1, 0.15) is 43.2 Å². The Labute approximate surface area is 136 Å². The third kappa shape index (κ3) is 3.50. The number of hydrogen-bond acceptors (Lipinski definition) is 4. The number of benzene rings is 1. The average Bonchev–Trinajstić information content (AvgIpc) is 2.53. The van der Waals surface area contributed by atoms with E-state index < -0.39 is 0 Å². The van der Waals surface area contributed by atoms with E-state index in [2.05, 4.69) is 38.4 Å². The fraction of sp³-hybridized carbons (Fsp3) is 0.389.